The van der Waals surface area contributed by atoms with Crippen molar-refractivity contribution in [3.8, 4) is 0 Å². The highest BCUT2D eigenvalue weighted by Crippen LogP contribution is 2.37. The smallest absolute Gasteiger partial charge is 0.192 e. The average molecular weight is 317 g/mol. The standard InChI is InChI=1S/C19H28O2Si/c1-19(2,3)22(4,5)21-14-15-9-11-16(12-10-15)17-7-6-8-18(20)13-17/h9-13H,6-8,14H2,1-5H3. The molecule has 0 aromatic heterocycles. The van der Waals surface area contributed by atoms with Gasteiger partial charge in [-0.05, 0) is 53.7 Å². The van der Waals surface area contributed by atoms with E-state index in [-0.39, 0.29) is 10.8 Å². The molecule has 0 spiro atoms. The van der Waals surface area contributed by atoms with E-state index in [9.17, 15) is 4.79 Å². The van der Waals surface area contributed by atoms with Crippen LogP contribution in [0.4, 0.5) is 0 Å². The summed E-state index contributed by atoms with van der Waals surface area (Å²) in [7, 11) is -1.70. The predicted octanol–water partition coefficient (Wildman–Crippen LogP) is 5.34. The number of carbonyl (C=O) groups is 1. The zero-order valence-electron chi connectivity index (χ0n) is 14.5. The fraction of sp³-hybridized carbons (Fsp3) is 0.526. The minimum Gasteiger partial charge on any atom is -0.413 e. The van der Waals surface area contributed by atoms with Gasteiger partial charge in [0, 0.05) is 6.42 Å². The van der Waals surface area contributed by atoms with E-state index >= 15 is 0 Å². The molecule has 0 unspecified atom stereocenters. The first-order valence-electron chi connectivity index (χ1n) is 8.16. The minimum atomic E-state index is -1.70. The summed E-state index contributed by atoms with van der Waals surface area (Å²) in [6.45, 7) is 12.0. The Hall–Kier alpha value is -1.19. The zero-order chi connectivity index (χ0) is 16.4. The van der Waals surface area contributed by atoms with E-state index in [1.165, 1.54) is 16.7 Å². The summed E-state index contributed by atoms with van der Waals surface area (Å²) in [5, 5.41) is 0.236. The van der Waals surface area contributed by atoms with Crippen LogP contribution in [0.3, 0.4) is 0 Å². The molecule has 22 heavy (non-hydrogen) atoms. The monoisotopic (exact) mass is 316 g/mol. The van der Waals surface area contributed by atoms with Crippen LogP contribution in [0.25, 0.3) is 5.57 Å². The summed E-state index contributed by atoms with van der Waals surface area (Å²) in [5.41, 5.74) is 3.55. The summed E-state index contributed by atoms with van der Waals surface area (Å²) in [6.07, 6.45) is 4.49. The van der Waals surface area contributed by atoms with E-state index in [2.05, 4.69) is 58.1 Å². The highest BCUT2D eigenvalue weighted by molar-refractivity contribution is 6.74. The molecule has 0 amide bonds. The fourth-order valence-electron chi connectivity index (χ4n) is 2.31. The number of hydrogen-bond donors (Lipinski definition) is 0. The van der Waals surface area contributed by atoms with Gasteiger partial charge in [0.15, 0.2) is 14.1 Å². The molecule has 1 aromatic carbocycles. The lowest BCUT2D eigenvalue weighted by Gasteiger charge is -2.36. The van der Waals surface area contributed by atoms with Gasteiger partial charge in [-0.3, -0.25) is 4.79 Å². The quantitative estimate of drug-likeness (QED) is 0.700. The van der Waals surface area contributed by atoms with Crippen molar-refractivity contribution >= 4 is 19.7 Å². The third-order valence-corrected chi connectivity index (χ3v) is 9.41. The summed E-state index contributed by atoms with van der Waals surface area (Å²) >= 11 is 0. The van der Waals surface area contributed by atoms with Gasteiger partial charge in [-0.1, -0.05) is 45.0 Å². The second-order valence-corrected chi connectivity index (χ2v) is 12.5. The van der Waals surface area contributed by atoms with Crippen LogP contribution in [0.5, 0.6) is 0 Å². The SMILES string of the molecule is CC(C)(C)[Si](C)(C)OCc1ccc(C2=CC(=O)CCC2)cc1. The van der Waals surface area contributed by atoms with Gasteiger partial charge >= 0.3 is 0 Å². The Morgan fingerprint density at radius 3 is 2.27 bits per heavy atom. The van der Waals surface area contributed by atoms with E-state index < -0.39 is 8.32 Å². The molecular formula is C19H28O2Si. The van der Waals surface area contributed by atoms with Crippen molar-refractivity contribution in [3.05, 3.63) is 41.5 Å². The van der Waals surface area contributed by atoms with Crippen LogP contribution >= 0.6 is 0 Å². The van der Waals surface area contributed by atoms with Crippen LogP contribution in [-0.4, -0.2) is 14.1 Å². The number of ketones is 1. The van der Waals surface area contributed by atoms with Gasteiger partial charge in [0.1, 0.15) is 0 Å². The van der Waals surface area contributed by atoms with Crippen molar-refractivity contribution in [2.75, 3.05) is 0 Å². The Labute approximate surface area is 135 Å². The molecule has 0 saturated carbocycles. The van der Waals surface area contributed by atoms with Crippen LogP contribution in [-0.2, 0) is 15.8 Å². The molecule has 1 aliphatic carbocycles. The van der Waals surface area contributed by atoms with E-state index in [4.69, 9.17) is 4.43 Å². The van der Waals surface area contributed by atoms with Gasteiger partial charge < -0.3 is 4.43 Å². The fourth-order valence-corrected chi connectivity index (χ4v) is 3.28. The second kappa shape index (κ2) is 6.51. The lowest BCUT2D eigenvalue weighted by Crippen LogP contribution is -2.40. The van der Waals surface area contributed by atoms with Gasteiger partial charge in [0.25, 0.3) is 0 Å². The summed E-state index contributed by atoms with van der Waals surface area (Å²) in [5.74, 6) is 0.256. The summed E-state index contributed by atoms with van der Waals surface area (Å²) in [4.78, 5) is 11.5. The highest BCUT2D eigenvalue weighted by atomic mass is 28.4. The highest BCUT2D eigenvalue weighted by Gasteiger charge is 2.36. The van der Waals surface area contributed by atoms with Crippen LogP contribution in [0, 0.1) is 0 Å². The van der Waals surface area contributed by atoms with E-state index in [0.29, 0.717) is 13.0 Å². The molecule has 0 atom stereocenters. The van der Waals surface area contributed by atoms with Crippen molar-refractivity contribution in [3.63, 3.8) is 0 Å². The van der Waals surface area contributed by atoms with Gasteiger partial charge in [-0.2, -0.15) is 0 Å². The van der Waals surface area contributed by atoms with Gasteiger partial charge in [0.2, 0.25) is 0 Å². The molecule has 0 radical (unpaired) electrons. The maximum atomic E-state index is 11.5. The molecule has 0 heterocycles. The predicted molar refractivity (Wildman–Crippen MR) is 95.3 cm³/mol. The van der Waals surface area contributed by atoms with Gasteiger partial charge in [-0.15, -0.1) is 0 Å². The Morgan fingerprint density at radius 2 is 1.73 bits per heavy atom. The Balaban J connectivity index is 2.02. The molecule has 1 aromatic rings. The molecular weight excluding hydrogens is 288 g/mol. The van der Waals surface area contributed by atoms with E-state index in [0.717, 1.165) is 12.8 Å². The topological polar surface area (TPSA) is 26.3 Å². The van der Waals surface area contributed by atoms with Crippen molar-refractivity contribution in [2.45, 2.75) is 64.8 Å². The van der Waals surface area contributed by atoms with Gasteiger partial charge in [-0.25, -0.2) is 0 Å². The molecule has 0 fully saturated rings. The lowest BCUT2D eigenvalue weighted by atomic mass is 9.93. The first-order chi connectivity index (χ1) is 10.2. The number of carbonyl (C=O) groups excluding carboxylic acids is 1. The van der Waals surface area contributed by atoms with Crippen LogP contribution in [0.15, 0.2) is 30.3 Å². The molecule has 2 nitrogen and oxygen atoms in total. The first kappa shape index (κ1) is 17.2. The maximum Gasteiger partial charge on any atom is 0.192 e. The molecule has 2 rings (SSSR count). The third kappa shape index (κ3) is 4.17. The molecule has 0 bridgehead atoms. The van der Waals surface area contributed by atoms with Crippen LogP contribution in [0.2, 0.25) is 18.1 Å². The zero-order valence-corrected chi connectivity index (χ0v) is 15.5. The molecule has 0 N–H and O–H groups in total. The molecule has 3 heteroatoms. The third-order valence-electron chi connectivity index (χ3n) is 4.94. The largest absolute Gasteiger partial charge is 0.413 e. The Bertz CT molecular complexity index is 562. The van der Waals surface area contributed by atoms with Crippen LogP contribution in [0.1, 0.15) is 51.2 Å². The lowest BCUT2D eigenvalue weighted by molar-refractivity contribution is -0.114. The first-order valence-corrected chi connectivity index (χ1v) is 11.1. The molecule has 0 saturated heterocycles. The summed E-state index contributed by atoms with van der Waals surface area (Å²) < 4.78 is 6.25. The van der Waals surface area contributed by atoms with E-state index in [1.807, 2.05) is 6.08 Å². The van der Waals surface area contributed by atoms with Crippen LogP contribution < -0.4 is 0 Å². The minimum absolute atomic E-state index is 0.236. The average Bonchev–Trinajstić information content (AvgIpc) is 2.44. The van der Waals surface area contributed by atoms with Gasteiger partial charge in [0.05, 0.1) is 6.61 Å². The second-order valence-electron chi connectivity index (χ2n) is 7.74. The Kier molecular flexibility index (Phi) is 5.08. The molecule has 120 valence electrons. The van der Waals surface area contributed by atoms with Crippen molar-refractivity contribution in [1.29, 1.82) is 0 Å². The maximum absolute atomic E-state index is 11.5. The summed E-state index contributed by atoms with van der Waals surface area (Å²) in [6, 6.07) is 8.49. The van der Waals surface area contributed by atoms with Crippen molar-refractivity contribution in [2.24, 2.45) is 0 Å². The van der Waals surface area contributed by atoms with Crippen molar-refractivity contribution in [1.82, 2.24) is 0 Å². The molecule has 1 aliphatic rings. The number of benzene rings is 1. The van der Waals surface area contributed by atoms with Crippen molar-refractivity contribution < 1.29 is 9.22 Å². The number of allylic oxidation sites excluding steroid dienone is 2. The Morgan fingerprint density at radius 1 is 1.09 bits per heavy atom. The van der Waals surface area contributed by atoms with E-state index in [1.54, 1.807) is 0 Å². The normalized spacial score (nSPS) is 16.6. The molecule has 0 aliphatic heterocycles. The number of hydrogen-bond acceptors (Lipinski definition) is 2. The number of rotatable bonds is 4.